The Morgan fingerprint density at radius 3 is 2.74 bits per heavy atom. The van der Waals surface area contributed by atoms with Crippen molar-refractivity contribution in [2.75, 3.05) is 18.5 Å². The van der Waals surface area contributed by atoms with E-state index in [1.165, 1.54) is 23.1 Å². The van der Waals surface area contributed by atoms with Crippen LogP contribution in [0.5, 0.6) is 5.75 Å². The minimum absolute atomic E-state index is 0.0418. The van der Waals surface area contributed by atoms with E-state index in [0.717, 1.165) is 18.9 Å². The van der Waals surface area contributed by atoms with E-state index in [0.29, 0.717) is 5.56 Å². The standard InChI is InChI=1S/C16H17N3O4/c1-2-14(21)17-12-7-10(3-6-13(12)20)16(23)18-8-15(22)19(9-18)11-4-5-11/h2-3,6-7,11,20H,1,4-5,8-9H2,(H,17,21). The second kappa shape index (κ2) is 5.75. The van der Waals surface area contributed by atoms with E-state index in [4.69, 9.17) is 0 Å². The van der Waals surface area contributed by atoms with Crippen LogP contribution in [0.3, 0.4) is 0 Å². The summed E-state index contributed by atoms with van der Waals surface area (Å²) < 4.78 is 0. The molecule has 1 heterocycles. The molecular weight excluding hydrogens is 298 g/mol. The first kappa shape index (κ1) is 15.1. The van der Waals surface area contributed by atoms with Crippen molar-refractivity contribution >= 4 is 23.4 Å². The molecule has 23 heavy (non-hydrogen) atoms. The zero-order valence-corrected chi connectivity index (χ0v) is 12.5. The number of phenols is 1. The fraction of sp³-hybridized carbons (Fsp3) is 0.312. The molecule has 1 aliphatic carbocycles. The lowest BCUT2D eigenvalue weighted by molar-refractivity contribution is -0.127. The van der Waals surface area contributed by atoms with Crippen LogP contribution in [0.4, 0.5) is 5.69 Å². The highest BCUT2D eigenvalue weighted by Crippen LogP contribution is 2.30. The number of nitrogens with zero attached hydrogens (tertiary/aromatic N) is 2. The first-order valence-electron chi connectivity index (χ1n) is 7.35. The number of rotatable bonds is 4. The maximum atomic E-state index is 12.5. The Balaban J connectivity index is 1.77. The summed E-state index contributed by atoms with van der Waals surface area (Å²) in [6, 6.07) is 4.46. The number of phenolic OH excluding ortho intramolecular Hbond substituents is 1. The lowest BCUT2D eigenvalue weighted by atomic mass is 10.1. The van der Waals surface area contributed by atoms with Gasteiger partial charge in [0.15, 0.2) is 0 Å². The summed E-state index contributed by atoms with van der Waals surface area (Å²) in [5.41, 5.74) is 0.429. The zero-order valence-electron chi connectivity index (χ0n) is 12.5. The van der Waals surface area contributed by atoms with Crippen molar-refractivity contribution in [3.8, 4) is 5.75 Å². The summed E-state index contributed by atoms with van der Waals surface area (Å²) in [6.45, 7) is 3.68. The first-order chi connectivity index (χ1) is 11.0. The average molecular weight is 315 g/mol. The van der Waals surface area contributed by atoms with E-state index in [2.05, 4.69) is 11.9 Å². The van der Waals surface area contributed by atoms with Crippen molar-refractivity contribution in [1.29, 1.82) is 0 Å². The van der Waals surface area contributed by atoms with E-state index >= 15 is 0 Å². The van der Waals surface area contributed by atoms with Gasteiger partial charge in [-0.1, -0.05) is 6.58 Å². The number of carbonyl (C=O) groups is 3. The van der Waals surface area contributed by atoms with Gasteiger partial charge in [-0.3, -0.25) is 14.4 Å². The Bertz CT molecular complexity index is 697. The fourth-order valence-electron chi connectivity index (χ4n) is 2.54. The van der Waals surface area contributed by atoms with Crippen LogP contribution in [0.1, 0.15) is 23.2 Å². The SMILES string of the molecule is C=CC(=O)Nc1cc(C(=O)N2CC(=O)N(C3CC3)C2)ccc1O. The van der Waals surface area contributed by atoms with Crippen molar-refractivity contribution in [2.24, 2.45) is 0 Å². The third-order valence-corrected chi connectivity index (χ3v) is 3.93. The van der Waals surface area contributed by atoms with Crippen molar-refractivity contribution in [3.63, 3.8) is 0 Å². The van der Waals surface area contributed by atoms with Crippen molar-refractivity contribution in [1.82, 2.24) is 9.80 Å². The second-order valence-corrected chi connectivity index (χ2v) is 5.66. The number of anilines is 1. The molecule has 7 nitrogen and oxygen atoms in total. The van der Waals surface area contributed by atoms with Crippen LogP contribution in [0, 0.1) is 0 Å². The first-order valence-corrected chi connectivity index (χ1v) is 7.35. The van der Waals surface area contributed by atoms with Crippen LogP contribution in [0.2, 0.25) is 0 Å². The van der Waals surface area contributed by atoms with E-state index in [1.54, 1.807) is 4.90 Å². The van der Waals surface area contributed by atoms with Crippen molar-refractivity contribution in [3.05, 3.63) is 36.4 Å². The predicted octanol–water partition coefficient (Wildman–Crippen LogP) is 0.921. The molecule has 0 unspecified atom stereocenters. The Kier molecular flexibility index (Phi) is 3.77. The zero-order chi connectivity index (χ0) is 16.6. The molecule has 7 heteroatoms. The topological polar surface area (TPSA) is 90.0 Å². The second-order valence-electron chi connectivity index (χ2n) is 5.66. The molecule has 1 saturated heterocycles. The molecule has 0 aromatic heterocycles. The lowest BCUT2D eigenvalue weighted by Gasteiger charge is -2.18. The summed E-state index contributed by atoms with van der Waals surface area (Å²) in [7, 11) is 0. The van der Waals surface area contributed by atoms with Gasteiger partial charge in [0.2, 0.25) is 11.8 Å². The van der Waals surface area contributed by atoms with Gasteiger partial charge in [-0.15, -0.1) is 0 Å². The van der Waals surface area contributed by atoms with Crippen LogP contribution >= 0.6 is 0 Å². The quantitative estimate of drug-likeness (QED) is 0.638. The molecule has 2 fully saturated rings. The van der Waals surface area contributed by atoms with E-state index in [9.17, 15) is 19.5 Å². The number of carbonyl (C=O) groups excluding carboxylic acids is 3. The van der Waals surface area contributed by atoms with Gasteiger partial charge in [-0.2, -0.15) is 0 Å². The van der Waals surface area contributed by atoms with Crippen LogP contribution in [-0.4, -0.2) is 51.9 Å². The summed E-state index contributed by atoms with van der Waals surface area (Å²) in [5.74, 6) is -0.981. The van der Waals surface area contributed by atoms with E-state index < -0.39 is 5.91 Å². The highest BCUT2D eigenvalue weighted by atomic mass is 16.3. The highest BCUT2D eigenvalue weighted by Gasteiger charge is 2.40. The largest absolute Gasteiger partial charge is 0.506 e. The van der Waals surface area contributed by atoms with E-state index in [-0.39, 0.29) is 42.5 Å². The molecule has 120 valence electrons. The Hall–Kier alpha value is -2.83. The molecule has 1 aromatic rings. The molecule has 3 rings (SSSR count). The monoisotopic (exact) mass is 315 g/mol. The summed E-state index contributed by atoms with van der Waals surface area (Å²) in [5, 5.41) is 12.2. The van der Waals surface area contributed by atoms with Gasteiger partial charge in [0.05, 0.1) is 12.4 Å². The van der Waals surface area contributed by atoms with Gasteiger partial charge >= 0.3 is 0 Å². The maximum absolute atomic E-state index is 12.5. The summed E-state index contributed by atoms with van der Waals surface area (Å²) in [4.78, 5) is 39.0. The molecule has 1 aliphatic heterocycles. The Morgan fingerprint density at radius 2 is 2.09 bits per heavy atom. The van der Waals surface area contributed by atoms with E-state index in [1.807, 2.05) is 0 Å². The molecule has 0 atom stereocenters. The lowest BCUT2D eigenvalue weighted by Crippen LogP contribution is -2.32. The van der Waals surface area contributed by atoms with Crippen molar-refractivity contribution in [2.45, 2.75) is 18.9 Å². The molecule has 3 amide bonds. The number of hydrogen-bond acceptors (Lipinski definition) is 4. The number of nitrogens with one attached hydrogen (secondary N) is 1. The molecule has 2 N–H and O–H groups in total. The van der Waals surface area contributed by atoms with Crippen LogP contribution in [0.15, 0.2) is 30.9 Å². The van der Waals surface area contributed by atoms with Crippen molar-refractivity contribution < 1.29 is 19.5 Å². The van der Waals surface area contributed by atoms with Gasteiger partial charge in [0.1, 0.15) is 12.3 Å². The predicted molar refractivity (Wildman–Crippen MR) is 82.7 cm³/mol. The number of benzene rings is 1. The third kappa shape index (κ3) is 3.03. The molecule has 0 radical (unpaired) electrons. The van der Waals surface area contributed by atoms with Crippen LogP contribution in [-0.2, 0) is 9.59 Å². The normalized spacial score (nSPS) is 17.3. The molecular formula is C16H17N3O4. The van der Waals surface area contributed by atoms with Gasteiger partial charge in [0.25, 0.3) is 5.91 Å². The highest BCUT2D eigenvalue weighted by molar-refractivity contribution is 6.02. The molecule has 1 saturated carbocycles. The Labute approximate surface area is 133 Å². The van der Waals surface area contributed by atoms with Gasteiger partial charge in [-0.25, -0.2) is 0 Å². The van der Waals surface area contributed by atoms with Gasteiger partial charge in [0, 0.05) is 11.6 Å². The smallest absolute Gasteiger partial charge is 0.255 e. The minimum Gasteiger partial charge on any atom is -0.506 e. The molecule has 1 aromatic carbocycles. The minimum atomic E-state index is -0.485. The summed E-state index contributed by atoms with van der Waals surface area (Å²) >= 11 is 0. The van der Waals surface area contributed by atoms with Gasteiger partial charge < -0.3 is 20.2 Å². The third-order valence-electron chi connectivity index (χ3n) is 3.93. The van der Waals surface area contributed by atoms with Gasteiger partial charge in [-0.05, 0) is 37.1 Å². The fourth-order valence-corrected chi connectivity index (χ4v) is 2.54. The molecule has 0 spiro atoms. The van der Waals surface area contributed by atoms with Crippen LogP contribution in [0.25, 0.3) is 0 Å². The molecule has 0 bridgehead atoms. The maximum Gasteiger partial charge on any atom is 0.255 e. The molecule has 2 aliphatic rings. The average Bonchev–Trinajstić information content (AvgIpc) is 3.31. The number of hydrogen-bond donors (Lipinski definition) is 2. The van der Waals surface area contributed by atoms with Crippen LogP contribution < -0.4 is 5.32 Å². The number of aromatic hydroxyl groups is 1. The summed E-state index contributed by atoms with van der Waals surface area (Å²) in [6.07, 6.45) is 3.05. The Morgan fingerprint density at radius 1 is 1.35 bits per heavy atom. The number of amides is 3.